The maximum Gasteiger partial charge on any atom is 0.279 e. The van der Waals surface area contributed by atoms with Crippen LogP contribution >= 0.6 is 0 Å². The molecule has 1 saturated heterocycles. The van der Waals surface area contributed by atoms with Gasteiger partial charge in [0.05, 0.1) is 0 Å². The van der Waals surface area contributed by atoms with Gasteiger partial charge in [-0.3, -0.25) is 0 Å². The smallest absolute Gasteiger partial charge is 0.207 e. The third kappa shape index (κ3) is 2.88. The van der Waals surface area contributed by atoms with Crippen LogP contribution in [0.15, 0.2) is 24.3 Å². The molecule has 2 rings (SSSR count). The van der Waals surface area contributed by atoms with E-state index in [1.54, 1.807) is 12.1 Å². The van der Waals surface area contributed by atoms with Crippen LogP contribution in [-0.4, -0.2) is 32.4 Å². The number of benzene rings is 1. The van der Waals surface area contributed by atoms with Crippen molar-refractivity contribution in [3.63, 3.8) is 0 Å². The van der Waals surface area contributed by atoms with Crippen LogP contribution in [0.1, 0.15) is 18.4 Å². The lowest BCUT2D eigenvalue weighted by Crippen LogP contribution is -2.42. The van der Waals surface area contributed by atoms with Gasteiger partial charge in [0.1, 0.15) is 5.82 Å². The Morgan fingerprint density at radius 3 is 2.67 bits per heavy atom. The SMILES string of the molecule is CNS(=O)(=O)N1CCCC1Cc1ccc(F)cc1. The fraction of sp³-hybridized carbons (Fsp3) is 0.500. The van der Waals surface area contributed by atoms with Gasteiger partial charge < -0.3 is 0 Å². The van der Waals surface area contributed by atoms with E-state index in [0.717, 1.165) is 18.4 Å². The van der Waals surface area contributed by atoms with Crippen LogP contribution in [0.3, 0.4) is 0 Å². The second-order valence-corrected chi connectivity index (χ2v) is 6.27. The minimum Gasteiger partial charge on any atom is -0.207 e. The Balaban J connectivity index is 2.11. The maximum absolute atomic E-state index is 12.8. The molecule has 0 aliphatic carbocycles. The molecule has 6 heteroatoms. The minimum atomic E-state index is -3.37. The standard InChI is InChI=1S/C12H17FN2O2S/c1-14-18(16,17)15-8-2-3-12(15)9-10-4-6-11(13)7-5-10/h4-7,12,14H,2-3,8-9H2,1H3. The van der Waals surface area contributed by atoms with Crippen molar-refractivity contribution in [2.75, 3.05) is 13.6 Å². The Bertz CT molecular complexity index is 501. The molecule has 0 radical (unpaired) electrons. The Hall–Kier alpha value is -0.980. The monoisotopic (exact) mass is 272 g/mol. The molecule has 0 bridgehead atoms. The van der Waals surface area contributed by atoms with Crippen LogP contribution in [0, 0.1) is 5.82 Å². The van der Waals surface area contributed by atoms with Gasteiger partial charge in [-0.2, -0.15) is 12.7 Å². The molecule has 0 amide bonds. The predicted octanol–water partition coefficient (Wildman–Crippen LogP) is 1.30. The summed E-state index contributed by atoms with van der Waals surface area (Å²) in [6.45, 7) is 0.551. The molecule has 100 valence electrons. The zero-order chi connectivity index (χ0) is 13.2. The summed E-state index contributed by atoms with van der Waals surface area (Å²) in [5.41, 5.74) is 0.958. The largest absolute Gasteiger partial charge is 0.279 e. The van der Waals surface area contributed by atoms with Crippen molar-refractivity contribution in [3.8, 4) is 0 Å². The van der Waals surface area contributed by atoms with Crippen molar-refractivity contribution in [2.24, 2.45) is 0 Å². The highest BCUT2D eigenvalue weighted by molar-refractivity contribution is 7.87. The van der Waals surface area contributed by atoms with E-state index in [-0.39, 0.29) is 11.9 Å². The van der Waals surface area contributed by atoms with E-state index in [0.29, 0.717) is 13.0 Å². The van der Waals surface area contributed by atoms with Crippen molar-refractivity contribution in [3.05, 3.63) is 35.6 Å². The van der Waals surface area contributed by atoms with Gasteiger partial charge in [0.15, 0.2) is 0 Å². The highest BCUT2D eigenvalue weighted by Crippen LogP contribution is 2.23. The van der Waals surface area contributed by atoms with Gasteiger partial charge in [-0.05, 0) is 37.0 Å². The molecule has 1 aliphatic rings. The van der Waals surface area contributed by atoms with Crippen LogP contribution in [0.5, 0.6) is 0 Å². The zero-order valence-electron chi connectivity index (χ0n) is 10.3. The molecular formula is C12H17FN2O2S. The molecule has 1 fully saturated rings. The van der Waals surface area contributed by atoms with E-state index < -0.39 is 10.2 Å². The van der Waals surface area contributed by atoms with Crippen LogP contribution in [0.4, 0.5) is 4.39 Å². The second kappa shape index (κ2) is 5.34. The molecule has 1 aromatic rings. The molecule has 0 saturated carbocycles. The molecule has 1 heterocycles. The average Bonchev–Trinajstić information content (AvgIpc) is 2.81. The molecule has 1 atom stereocenters. The molecule has 4 nitrogen and oxygen atoms in total. The average molecular weight is 272 g/mol. The number of rotatable bonds is 4. The van der Waals surface area contributed by atoms with Gasteiger partial charge >= 0.3 is 0 Å². The van der Waals surface area contributed by atoms with Gasteiger partial charge in [0.25, 0.3) is 10.2 Å². The van der Waals surface area contributed by atoms with Crippen LogP contribution < -0.4 is 4.72 Å². The third-order valence-electron chi connectivity index (χ3n) is 3.27. The fourth-order valence-electron chi connectivity index (χ4n) is 2.34. The van der Waals surface area contributed by atoms with Crippen LogP contribution in [0.25, 0.3) is 0 Å². The normalized spacial score (nSPS) is 21.3. The number of nitrogens with zero attached hydrogens (tertiary/aromatic N) is 1. The lowest BCUT2D eigenvalue weighted by Gasteiger charge is -2.23. The minimum absolute atomic E-state index is 0.0343. The Morgan fingerprint density at radius 2 is 2.06 bits per heavy atom. The third-order valence-corrected chi connectivity index (χ3v) is 4.89. The molecular weight excluding hydrogens is 255 g/mol. The number of hydrogen-bond acceptors (Lipinski definition) is 2. The highest BCUT2D eigenvalue weighted by atomic mass is 32.2. The van der Waals surface area contributed by atoms with Crippen LogP contribution in [-0.2, 0) is 16.6 Å². The Kier molecular flexibility index (Phi) is 3.99. The molecule has 18 heavy (non-hydrogen) atoms. The van der Waals surface area contributed by atoms with E-state index in [1.807, 2.05) is 0 Å². The Labute approximate surface area is 107 Å². The first kappa shape index (κ1) is 13.5. The molecule has 0 spiro atoms. The van der Waals surface area contributed by atoms with Gasteiger partial charge in [-0.1, -0.05) is 12.1 Å². The number of nitrogens with one attached hydrogen (secondary N) is 1. The maximum atomic E-state index is 12.8. The summed E-state index contributed by atoms with van der Waals surface area (Å²) in [6, 6.07) is 6.19. The van der Waals surface area contributed by atoms with Gasteiger partial charge in [0, 0.05) is 19.6 Å². The van der Waals surface area contributed by atoms with Crippen molar-refractivity contribution in [2.45, 2.75) is 25.3 Å². The lowest BCUT2D eigenvalue weighted by atomic mass is 10.0. The van der Waals surface area contributed by atoms with E-state index in [2.05, 4.69) is 4.72 Å². The van der Waals surface area contributed by atoms with Gasteiger partial charge in [0.2, 0.25) is 0 Å². The highest BCUT2D eigenvalue weighted by Gasteiger charge is 2.33. The first-order chi connectivity index (χ1) is 8.53. The summed E-state index contributed by atoms with van der Waals surface area (Å²) in [5, 5.41) is 0. The summed E-state index contributed by atoms with van der Waals surface area (Å²) < 4.78 is 40.3. The molecule has 0 aromatic heterocycles. The second-order valence-electron chi connectivity index (χ2n) is 4.45. The van der Waals surface area contributed by atoms with E-state index in [9.17, 15) is 12.8 Å². The predicted molar refractivity (Wildman–Crippen MR) is 67.8 cm³/mol. The summed E-state index contributed by atoms with van der Waals surface area (Å²) in [5.74, 6) is -0.273. The van der Waals surface area contributed by atoms with E-state index in [4.69, 9.17) is 0 Å². The Morgan fingerprint density at radius 1 is 1.39 bits per heavy atom. The topological polar surface area (TPSA) is 49.4 Å². The summed E-state index contributed by atoms with van der Waals surface area (Å²) >= 11 is 0. The first-order valence-electron chi connectivity index (χ1n) is 5.97. The van der Waals surface area contributed by atoms with Crippen molar-refractivity contribution >= 4 is 10.2 Å². The quantitative estimate of drug-likeness (QED) is 0.898. The number of hydrogen-bond donors (Lipinski definition) is 1. The number of halogens is 1. The van der Waals surface area contributed by atoms with E-state index in [1.165, 1.54) is 23.5 Å². The van der Waals surface area contributed by atoms with Crippen molar-refractivity contribution < 1.29 is 12.8 Å². The summed E-state index contributed by atoms with van der Waals surface area (Å²) in [7, 11) is -1.95. The summed E-state index contributed by atoms with van der Waals surface area (Å²) in [6.07, 6.45) is 2.34. The van der Waals surface area contributed by atoms with Crippen LogP contribution in [0.2, 0.25) is 0 Å². The molecule has 1 aliphatic heterocycles. The first-order valence-corrected chi connectivity index (χ1v) is 7.41. The van der Waals surface area contributed by atoms with Gasteiger partial charge in [-0.15, -0.1) is 0 Å². The van der Waals surface area contributed by atoms with E-state index >= 15 is 0 Å². The summed E-state index contributed by atoms with van der Waals surface area (Å²) in [4.78, 5) is 0. The zero-order valence-corrected chi connectivity index (χ0v) is 11.1. The van der Waals surface area contributed by atoms with Crippen molar-refractivity contribution in [1.82, 2.24) is 9.03 Å². The van der Waals surface area contributed by atoms with Gasteiger partial charge in [-0.25, -0.2) is 9.11 Å². The molecule has 1 aromatic carbocycles. The molecule has 1 unspecified atom stereocenters. The molecule has 1 N–H and O–H groups in total. The van der Waals surface area contributed by atoms with Crippen molar-refractivity contribution in [1.29, 1.82) is 0 Å². The fourth-order valence-corrected chi connectivity index (χ4v) is 3.52. The lowest BCUT2D eigenvalue weighted by molar-refractivity contribution is 0.381.